The molecule has 2 aliphatic heterocycles. The highest BCUT2D eigenvalue weighted by molar-refractivity contribution is 7.13. The number of benzene rings is 1. The number of carbonyl (C=O) groups excluding carboxylic acids is 2. The Morgan fingerprint density at radius 3 is 2.93 bits per heavy atom. The number of ether oxygens (including phenoxy) is 1. The van der Waals surface area contributed by atoms with Gasteiger partial charge in [0.25, 0.3) is 0 Å². The Kier molecular flexibility index (Phi) is 6.64. The summed E-state index contributed by atoms with van der Waals surface area (Å²) in [6, 6.07) is 5.79. The molecule has 2 fully saturated rings. The van der Waals surface area contributed by atoms with Gasteiger partial charge >= 0.3 is 0 Å². The molecule has 2 N–H and O–H groups in total. The Bertz CT molecular complexity index is 894. The Morgan fingerprint density at radius 2 is 2.20 bits per heavy atom. The summed E-state index contributed by atoms with van der Waals surface area (Å²) >= 11 is 1.62. The van der Waals surface area contributed by atoms with E-state index in [1.54, 1.807) is 16.2 Å². The molecular formula is C22H28N4O3S. The molecule has 0 saturated carbocycles. The fraction of sp³-hybridized carbons (Fsp3) is 0.500. The largest absolute Gasteiger partial charge is 0.490 e. The molecule has 3 heterocycles. The van der Waals surface area contributed by atoms with Crippen LogP contribution in [-0.2, 0) is 16.1 Å². The zero-order chi connectivity index (χ0) is 20.9. The van der Waals surface area contributed by atoms with Crippen molar-refractivity contribution >= 4 is 23.7 Å². The zero-order valence-electron chi connectivity index (χ0n) is 17.2. The standard InChI is InChI=1S/C22H28N4O3S/c1-15-21(30-13-25-15)16-4-5-17(20(11-16)29-18-6-8-23-9-7-18)12-24-22(28)19-3-2-10-26(19)14-27/h4-5,11,13-14,18-19,23H,2-3,6-10,12H2,1H3,(H,24,28)/t19-/m0/s1. The number of amides is 2. The lowest BCUT2D eigenvalue weighted by Gasteiger charge is -2.26. The van der Waals surface area contributed by atoms with E-state index in [0.717, 1.165) is 66.2 Å². The smallest absolute Gasteiger partial charge is 0.243 e. The summed E-state index contributed by atoms with van der Waals surface area (Å²) in [6.07, 6.45) is 4.45. The van der Waals surface area contributed by atoms with Crippen molar-refractivity contribution in [3.8, 4) is 16.2 Å². The van der Waals surface area contributed by atoms with Crippen LogP contribution in [0.25, 0.3) is 10.4 Å². The maximum atomic E-state index is 12.6. The van der Waals surface area contributed by atoms with Crippen molar-refractivity contribution in [2.75, 3.05) is 19.6 Å². The molecule has 0 radical (unpaired) electrons. The third kappa shape index (κ3) is 4.65. The van der Waals surface area contributed by atoms with E-state index in [0.29, 0.717) is 19.5 Å². The van der Waals surface area contributed by atoms with Crippen molar-refractivity contribution in [2.24, 2.45) is 0 Å². The van der Waals surface area contributed by atoms with Crippen molar-refractivity contribution in [1.29, 1.82) is 0 Å². The first-order valence-corrected chi connectivity index (χ1v) is 11.4. The van der Waals surface area contributed by atoms with Gasteiger partial charge in [0.1, 0.15) is 17.9 Å². The average molecular weight is 429 g/mol. The van der Waals surface area contributed by atoms with Gasteiger partial charge in [-0.15, -0.1) is 11.3 Å². The molecule has 0 aliphatic carbocycles. The molecule has 2 aromatic rings. The highest BCUT2D eigenvalue weighted by atomic mass is 32.1. The molecule has 160 valence electrons. The van der Waals surface area contributed by atoms with Crippen molar-refractivity contribution in [3.05, 3.63) is 35.0 Å². The Labute approximate surface area is 180 Å². The predicted molar refractivity (Wildman–Crippen MR) is 116 cm³/mol. The van der Waals surface area contributed by atoms with E-state index in [1.807, 2.05) is 18.5 Å². The minimum absolute atomic E-state index is 0.102. The number of nitrogens with zero attached hydrogens (tertiary/aromatic N) is 2. The lowest BCUT2D eigenvalue weighted by atomic mass is 10.1. The van der Waals surface area contributed by atoms with Gasteiger partial charge in [0.05, 0.1) is 16.1 Å². The van der Waals surface area contributed by atoms with E-state index in [9.17, 15) is 9.59 Å². The van der Waals surface area contributed by atoms with Crippen LogP contribution in [0, 0.1) is 6.92 Å². The van der Waals surface area contributed by atoms with Crippen LogP contribution in [0.15, 0.2) is 23.7 Å². The van der Waals surface area contributed by atoms with E-state index in [-0.39, 0.29) is 18.1 Å². The van der Waals surface area contributed by atoms with E-state index < -0.39 is 0 Å². The molecule has 1 aromatic carbocycles. The number of nitrogens with one attached hydrogen (secondary N) is 2. The van der Waals surface area contributed by atoms with Crippen molar-refractivity contribution in [2.45, 2.75) is 51.3 Å². The van der Waals surface area contributed by atoms with Gasteiger partial charge in [-0.25, -0.2) is 4.98 Å². The molecular weight excluding hydrogens is 400 g/mol. The summed E-state index contributed by atoms with van der Waals surface area (Å²) in [5.74, 6) is 0.709. The number of aromatic nitrogens is 1. The molecule has 0 spiro atoms. The SMILES string of the molecule is Cc1ncsc1-c1ccc(CNC(=O)[C@@H]2CCCN2C=O)c(OC2CCNCC2)c1. The van der Waals surface area contributed by atoms with Crippen LogP contribution in [0.4, 0.5) is 0 Å². The molecule has 1 aromatic heterocycles. The monoisotopic (exact) mass is 428 g/mol. The maximum absolute atomic E-state index is 12.6. The van der Waals surface area contributed by atoms with Gasteiger partial charge in [-0.1, -0.05) is 12.1 Å². The van der Waals surface area contributed by atoms with E-state index in [1.165, 1.54) is 0 Å². The molecule has 2 amide bonds. The number of likely N-dealkylation sites (tertiary alicyclic amines) is 1. The first-order valence-electron chi connectivity index (χ1n) is 10.5. The molecule has 0 bridgehead atoms. The Morgan fingerprint density at radius 1 is 1.37 bits per heavy atom. The summed E-state index contributed by atoms with van der Waals surface area (Å²) in [4.78, 5) is 30.9. The summed E-state index contributed by atoms with van der Waals surface area (Å²) in [5.41, 5.74) is 4.89. The fourth-order valence-electron chi connectivity index (χ4n) is 4.12. The molecule has 7 nitrogen and oxygen atoms in total. The number of piperidine rings is 1. The van der Waals surface area contributed by atoms with Gasteiger partial charge in [-0.2, -0.15) is 0 Å². The second-order valence-electron chi connectivity index (χ2n) is 7.88. The average Bonchev–Trinajstić information content (AvgIpc) is 3.42. The fourth-order valence-corrected chi connectivity index (χ4v) is 4.92. The van der Waals surface area contributed by atoms with Crippen LogP contribution < -0.4 is 15.4 Å². The molecule has 4 rings (SSSR count). The molecule has 8 heteroatoms. The van der Waals surface area contributed by atoms with Crippen LogP contribution in [0.5, 0.6) is 5.75 Å². The number of rotatable bonds is 7. The van der Waals surface area contributed by atoms with Gasteiger partial charge in [-0.3, -0.25) is 9.59 Å². The second-order valence-corrected chi connectivity index (χ2v) is 8.73. The first kappa shape index (κ1) is 20.8. The Hall–Kier alpha value is -2.45. The normalized spacial score (nSPS) is 19.6. The lowest BCUT2D eigenvalue weighted by molar-refractivity contribution is -0.131. The second kappa shape index (κ2) is 9.57. The van der Waals surface area contributed by atoms with Crippen LogP contribution in [-0.4, -0.2) is 54.0 Å². The molecule has 0 unspecified atom stereocenters. The van der Waals surface area contributed by atoms with Gasteiger partial charge in [0.2, 0.25) is 12.3 Å². The third-order valence-electron chi connectivity index (χ3n) is 5.84. The summed E-state index contributed by atoms with van der Waals surface area (Å²) < 4.78 is 6.39. The maximum Gasteiger partial charge on any atom is 0.243 e. The van der Waals surface area contributed by atoms with Crippen LogP contribution in [0.3, 0.4) is 0 Å². The number of aryl methyl sites for hydroxylation is 1. The van der Waals surface area contributed by atoms with Gasteiger partial charge in [0.15, 0.2) is 0 Å². The number of hydrogen-bond donors (Lipinski definition) is 2. The van der Waals surface area contributed by atoms with E-state index in [2.05, 4.69) is 27.8 Å². The minimum Gasteiger partial charge on any atom is -0.490 e. The van der Waals surface area contributed by atoms with Crippen molar-refractivity contribution in [3.63, 3.8) is 0 Å². The highest BCUT2D eigenvalue weighted by Gasteiger charge is 2.29. The van der Waals surface area contributed by atoms with E-state index >= 15 is 0 Å². The van der Waals surface area contributed by atoms with Crippen LogP contribution in [0.2, 0.25) is 0 Å². The number of carbonyl (C=O) groups is 2. The quantitative estimate of drug-likeness (QED) is 0.662. The van der Waals surface area contributed by atoms with Crippen LogP contribution in [0.1, 0.15) is 36.9 Å². The molecule has 2 saturated heterocycles. The molecule has 2 aliphatic rings. The molecule has 1 atom stereocenters. The van der Waals surface area contributed by atoms with Crippen molar-refractivity contribution < 1.29 is 14.3 Å². The third-order valence-corrected chi connectivity index (χ3v) is 6.82. The highest BCUT2D eigenvalue weighted by Crippen LogP contribution is 2.33. The van der Waals surface area contributed by atoms with E-state index in [4.69, 9.17) is 4.74 Å². The summed E-state index contributed by atoms with van der Waals surface area (Å²) in [7, 11) is 0. The summed E-state index contributed by atoms with van der Waals surface area (Å²) in [5, 5.41) is 6.37. The first-order chi connectivity index (χ1) is 14.7. The number of thiazole rings is 1. The Balaban J connectivity index is 1.52. The molecule has 30 heavy (non-hydrogen) atoms. The lowest BCUT2D eigenvalue weighted by Crippen LogP contribution is -2.42. The van der Waals surface area contributed by atoms with Crippen molar-refractivity contribution in [1.82, 2.24) is 20.5 Å². The van der Waals surface area contributed by atoms with Gasteiger partial charge in [0, 0.05) is 18.7 Å². The summed E-state index contributed by atoms with van der Waals surface area (Å²) in [6.45, 7) is 4.94. The predicted octanol–water partition coefficient (Wildman–Crippen LogP) is 2.49. The van der Waals surface area contributed by atoms with Gasteiger partial charge < -0.3 is 20.3 Å². The topological polar surface area (TPSA) is 83.6 Å². The number of hydrogen-bond acceptors (Lipinski definition) is 6. The minimum atomic E-state index is -0.365. The zero-order valence-corrected chi connectivity index (χ0v) is 18.0. The van der Waals surface area contributed by atoms with Gasteiger partial charge in [-0.05, 0) is 57.3 Å². The van der Waals surface area contributed by atoms with Crippen LogP contribution >= 0.6 is 11.3 Å².